The molecule has 2 aromatic carbocycles. The summed E-state index contributed by atoms with van der Waals surface area (Å²) in [5.41, 5.74) is 2.43. The predicted molar refractivity (Wildman–Crippen MR) is 126 cm³/mol. The van der Waals surface area contributed by atoms with Crippen LogP contribution in [0.4, 0.5) is 10.5 Å². The van der Waals surface area contributed by atoms with Crippen molar-refractivity contribution in [2.45, 2.75) is 39.4 Å². The van der Waals surface area contributed by atoms with E-state index < -0.39 is 18.0 Å². The number of para-hydroxylation sites is 1. The summed E-state index contributed by atoms with van der Waals surface area (Å²) in [6.07, 6.45) is 1.87. The van der Waals surface area contributed by atoms with Crippen LogP contribution < -0.4 is 15.4 Å². The number of carbonyl (C=O) groups excluding carboxylic acids is 3. The zero-order valence-corrected chi connectivity index (χ0v) is 19.0. The minimum atomic E-state index is -0.906. The Morgan fingerprint density at radius 3 is 2.67 bits per heavy atom. The zero-order chi connectivity index (χ0) is 23.5. The van der Waals surface area contributed by atoms with Crippen molar-refractivity contribution in [3.63, 3.8) is 0 Å². The molecule has 1 aromatic heterocycles. The number of aromatic nitrogens is 1. The fourth-order valence-corrected chi connectivity index (χ4v) is 4.14. The van der Waals surface area contributed by atoms with Crippen molar-refractivity contribution < 1.29 is 19.1 Å². The summed E-state index contributed by atoms with van der Waals surface area (Å²) in [7, 11) is 1.54. The minimum absolute atomic E-state index is 0.0788. The number of imide groups is 1. The number of carbonyl (C=O) groups is 3. The maximum atomic E-state index is 12.8. The average Bonchev–Trinajstić information content (AvgIpc) is 3.30. The first-order chi connectivity index (χ1) is 15.9. The van der Waals surface area contributed by atoms with E-state index in [-0.39, 0.29) is 18.9 Å². The molecular formula is C25H28N4O4. The molecule has 1 atom stereocenters. The lowest BCUT2D eigenvalue weighted by molar-refractivity contribution is -0.130. The van der Waals surface area contributed by atoms with Gasteiger partial charge in [0.2, 0.25) is 5.91 Å². The van der Waals surface area contributed by atoms with Crippen molar-refractivity contribution >= 4 is 34.4 Å². The smallest absolute Gasteiger partial charge is 0.325 e. The van der Waals surface area contributed by atoms with Gasteiger partial charge in [-0.3, -0.25) is 14.5 Å². The number of rotatable bonds is 8. The predicted octanol–water partition coefficient (Wildman–Crippen LogP) is 3.76. The monoisotopic (exact) mass is 448 g/mol. The van der Waals surface area contributed by atoms with Crippen molar-refractivity contribution in [1.29, 1.82) is 0 Å². The number of amides is 4. The molecule has 0 unspecified atom stereocenters. The normalized spacial score (nSPS) is 15.9. The summed E-state index contributed by atoms with van der Waals surface area (Å²) in [6.45, 7) is 5.27. The molecule has 0 spiro atoms. The molecule has 3 aromatic rings. The quantitative estimate of drug-likeness (QED) is 0.513. The van der Waals surface area contributed by atoms with Gasteiger partial charge in [0.05, 0.1) is 31.3 Å². The number of ether oxygens (including phenoxy) is 1. The van der Waals surface area contributed by atoms with Crippen LogP contribution in [0.25, 0.3) is 10.9 Å². The number of hydrogen-bond acceptors (Lipinski definition) is 4. The van der Waals surface area contributed by atoms with Gasteiger partial charge in [0.1, 0.15) is 11.8 Å². The fourth-order valence-electron chi connectivity index (χ4n) is 4.14. The molecule has 1 fully saturated rings. The van der Waals surface area contributed by atoms with Crippen LogP contribution in [0.15, 0.2) is 54.7 Å². The van der Waals surface area contributed by atoms with Crippen LogP contribution in [-0.2, 0) is 22.7 Å². The van der Waals surface area contributed by atoms with E-state index in [2.05, 4.69) is 29.0 Å². The molecular weight excluding hydrogens is 420 g/mol. The zero-order valence-electron chi connectivity index (χ0n) is 19.0. The fraction of sp³-hybridized carbons (Fsp3) is 0.320. The van der Waals surface area contributed by atoms with E-state index in [0.717, 1.165) is 22.3 Å². The van der Waals surface area contributed by atoms with E-state index in [1.807, 2.05) is 42.6 Å². The number of hydrogen-bond donors (Lipinski definition) is 2. The molecule has 2 N–H and O–H groups in total. The Labute approximate surface area is 192 Å². The van der Waals surface area contributed by atoms with Gasteiger partial charge in [-0.1, -0.05) is 38.1 Å². The Balaban J connectivity index is 1.43. The van der Waals surface area contributed by atoms with Crippen LogP contribution in [0.5, 0.6) is 5.75 Å². The van der Waals surface area contributed by atoms with E-state index in [1.54, 1.807) is 12.1 Å². The number of urea groups is 1. The summed E-state index contributed by atoms with van der Waals surface area (Å²) in [4.78, 5) is 39.1. The van der Waals surface area contributed by atoms with E-state index in [0.29, 0.717) is 22.9 Å². The molecule has 2 heterocycles. The van der Waals surface area contributed by atoms with Gasteiger partial charge in [0.25, 0.3) is 5.91 Å². The van der Waals surface area contributed by atoms with Gasteiger partial charge in [-0.05, 0) is 30.2 Å². The van der Waals surface area contributed by atoms with Gasteiger partial charge >= 0.3 is 6.03 Å². The molecule has 0 aliphatic carbocycles. The Morgan fingerprint density at radius 1 is 1.12 bits per heavy atom. The Morgan fingerprint density at radius 2 is 1.91 bits per heavy atom. The van der Waals surface area contributed by atoms with Gasteiger partial charge in [-0.2, -0.15) is 0 Å². The molecule has 0 radical (unpaired) electrons. The lowest BCUT2D eigenvalue weighted by atomic mass is 10.1. The number of nitrogens with zero attached hydrogens (tertiary/aromatic N) is 2. The molecule has 1 aliphatic rings. The van der Waals surface area contributed by atoms with Crippen LogP contribution in [0, 0.1) is 5.92 Å². The summed E-state index contributed by atoms with van der Waals surface area (Å²) < 4.78 is 7.47. The van der Waals surface area contributed by atoms with Gasteiger partial charge in [-0.25, -0.2) is 4.79 Å². The third-order valence-corrected chi connectivity index (χ3v) is 5.67. The SMILES string of the molecule is COc1ccccc1CN1C(=O)N[C@@H](CC(=O)Nc2cccc3c2ccn3CC(C)C)C1=O. The Hall–Kier alpha value is -3.81. The topological polar surface area (TPSA) is 92.7 Å². The van der Waals surface area contributed by atoms with Gasteiger partial charge in [-0.15, -0.1) is 0 Å². The maximum Gasteiger partial charge on any atom is 0.325 e. The second-order valence-electron chi connectivity index (χ2n) is 8.59. The molecule has 1 saturated heterocycles. The van der Waals surface area contributed by atoms with Crippen LogP contribution >= 0.6 is 0 Å². The van der Waals surface area contributed by atoms with Gasteiger partial charge in [0, 0.05) is 23.7 Å². The van der Waals surface area contributed by atoms with Crippen molar-refractivity contribution in [3.8, 4) is 5.75 Å². The second kappa shape index (κ2) is 9.36. The molecule has 8 nitrogen and oxygen atoms in total. The third-order valence-electron chi connectivity index (χ3n) is 5.67. The molecule has 1 aliphatic heterocycles. The molecule has 33 heavy (non-hydrogen) atoms. The highest BCUT2D eigenvalue weighted by atomic mass is 16.5. The number of nitrogens with one attached hydrogen (secondary N) is 2. The highest BCUT2D eigenvalue weighted by molar-refractivity contribution is 6.08. The highest BCUT2D eigenvalue weighted by Gasteiger charge is 2.39. The highest BCUT2D eigenvalue weighted by Crippen LogP contribution is 2.26. The lowest BCUT2D eigenvalue weighted by Gasteiger charge is -2.15. The van der Waals surface area contributed by atoms with Gasteiger partial charge in [0.15, 0.2) is 0 Å². The van der Waals surface area contributed by atoms with Gasteiger partial charge < -0.3 is 19.9 Å². The first-order valence-corrected chi connectivity index (χ1v) is 11.0. The van der Waals surface area contributed by atoms with E-state index >= 15 is 0 Å². The summed E-state index contributed by atoms with van der Waals surface area (Å²) in [5.74, 6) is 0.325. The second-order valence-corrected chi connectivity index (χ2v) is 8.59. The van der Waals surface area contributed by atoms with Crippen molar-refractivity contribution in [2.24, 2.45) is 5.92 Å². The number of methoxy groups -OCH3 is 1. The Bertz CT molecular complexity index is 1200. The number of anilines is 1. The lowest BCUT2D eigenvalue weighted by Crippen LogP contribution is -2.34. The van der Waals surface area contributed by atoms with Crippen molar-refractivity contribution in [2.75, 3.05) is 12.4 Å². The molecule has 4 amide bonds. The molecule has 8 heteroatoms. The molecule has 172 valence electrons. The van der Waals surface area contributed by atoms with E-state index in [4.69, 9.17) is 4.74 Å². The first kappa shape index (κ1) is 22.4. The minimum Gasteiger partial charge on any atom is -0.496 e. The van der Waals surface area contributed by atoms with Crippen LogP contribution in [0.1, 0.15) is 25.8 Å². The summed E-state index contributed by atoms with van der Waals surface area (Å²) in [6, 6.07) is 13.5. The number of fused-ring (bicyclic) bond motifs is 1. The maximum absolute atomic E-state index is 12.8. The third kappa shape index (κ3) is 4.69. The first-order valence-electron chi connectivity index (χ1n) is 11.0. The van der Waals surface area contributed by atoms with Crippen LogP contribution in [0.2, 0.25) is 0 Å². The molecule has 4 rings (SSSR count). The standard InChI is InChI=1S/C25H28N4O4/c1-16(2)14-28-12-11-18-19(8-6-9-21(18)28)26-23(30)13-20-24(31)29(25(32)27-20)15-17-7-4-5-10-22(17)33-3/h4-12,16,20H,13-15H2,1-3H3,(H,26,30)(H,27,32)/t20-/m0/s1. The van der Waals surface area contributed by atoms with E-state index in [9.17, 15) is 14.4 Å². The van der Waals surface area contributed by atoms with Crippen LogP contribution in [-0.4, -0.2) is 40.5 Å². The van der Waals surface area contributed by atoms with Crippen molar-refractivity contribution in [3.05, 3.63) is 60.3 Å². The Kier molecular flexibility index (Phi) is 6.35. The van der Waals surface area contributed by atoms with E-state index in [1.165, 1.54) is 7.11 Å². The van der Waals surface area contributed by atoms with Crippen molar-refractivity contribution in [1.82, 2.24) is 14.8 Å². The summed E-state index contributed by atoms with van der Waals surface area (Å²) in [5, 5.41) is 6.46. The molecule has 0 bridgehead atoms. The summed E-state index contributed by atoms with van der Waals surface area (Å²) >= 11 is 0. The number of benzene rings is 2. The van der Waals surface area contributed by atoms with Crippen LogP contribution in [0.3, 0.4) is 0 Å². The average molecular weight is 449 g/mol. The molecule has 0 saturated carbocycles. The largest absolute Gasteiger partial charge is 0.496 e.